The number of halogens is 1. The van der Waals surface area contributed by atoms with Gasteiger partial charge in [0.25, 0.3) is 5.56 Å². The first-order valence-corrected chi connectivity index (χ1v) is 7.30. The Labute approximate surface area is 138 Å². The van der Waals surface area contributed by atoms with Gasteiger partial charge in [-0.25, -0.2) is 9.78 Å². The highest BCUT2D eigenvalue weighted by Crippen LogP contribution is 2.22. The minimum atomic E-state index is -0.497. The molecule has 0 saturated carbocycles. The summed E-state index contributed by atoms with van der Waals surface area (Å²) in [5.41, 5.74) is 0.185. The lowest BCUT2D eigenvalue weighted by Crippen LogP contribution is -2.37. The van der Waals surface area contributed by atoms with Gasteiger partial charge in [-0.2, -0.15) is 4.52 Å². The van der Waals surface area contributed by atoms with Crippen molar-refractivity contribution in [3.05, 3.63) is 50.1 Å². The number of hydrogen-bond acceptors (Lipinski definition) is 6. The van der Waals surface area contributed by atoms with Crippen LogP contribution < -0.4 is 11.2 Å². The van der Waals surface area contributed by atoms with Crippen molar-refractivity contribution in [1.29, 1.82) is 0 Å². The molecule has 10 heteroatoms. The monoisotopic (exact) mass is 343 g/mol. The predicted molar refractivity (Wildman–Crippen MR) is 87.0 cm³/mol. The molecule has 0 aliphatic rings. The number of aryl methyl sites for hydroxylation is 1. The fraction of sp³-hybridized carbons (Fsp3) is 0.143. The van der Waals surface area contributed by atoms with E-state index in [2.05, 4.69) is 20.5 Å². The molecule has 24 heavy (non-hydrogen) atoms. The second-order valence-corrected chi connectivity index (χ2v) is 5.70. The standard InChI is InChI=1S/C14H10ClN7O2/c1-20-11-9(13(23)21(2)14(20)24)12-17-18-19-22(12)10(16-11)7-3-5-8(15)6-4-7/h3-6H,1-2H3. The average Bonchev–Trinajstić information content (AvgIpc) is 3.07. The zero-order valence-electron chi connectivity index (χ0n) is 12.6. The molecule has 0 amide bonds. The van der Waals surface area contributed by atoms with Gasteiger partial charge in [0.15, 0.2) is 17.1 Å². The third-order valence-corrected chi connectivity index (χ3v) is 4.09. The van der Waals surface area contributed by atoms with Crippen molar-refractivity contribution in [2.45, 2.75) is 0 Å². The zero-order valence-corrected chi connectivity index (χ0v) is 13.4. The summed E-state index contributed by atoms with van der Waals surface area (Å²) in [7, 11) is 2.94. The fourth-order valence-corrected chi connectivity index (χ4v) is 2.71. The van der Waals surface area contributed by atoms with Crippen LogP contribution in [-0.2, 0) is 14.1 Å². The highest BCUT2D eigenvalue weighted by Gasteiger charge is 2.19. The van der Waals surface area contributed by atoms with E-state index in [4.69, 9.17) is 11.6 Å². The number of hydrogen-bond donors (Lipinski definition) is 0. The number of aromatic nitrogens is 7. The van der Waals surface area contributed by atoms with Gasteiger partial charge >= 0.3 is 5.69 Å². The van der Waals surface area contributed by atoms with Crippen LogP contribution in [0, 0.1) is 0 Å². The largest absolute Gasteiger partial charge is 0.332 e. The lowest BCUT2D eigenvalue weighted by atomic mass is 10.2. The van der Waals surface area contributed by atoms with Crippen LogP contribution in [0.3, 0.4) is 0 Å². The smallest absolute Gasteiger partial charge is 0.280 e. The number of fused-ring (bicyclic) bond motifs is 3. The zero-order chi connectivity index (χ0) is 17.0. The van der Waals surface area contributed by atoms with E-state index < -0.39 is 11.2 Å². The summed E-state index contributed by atoms with van der Waals surface area (Å²) in [6.45, 7) is 0. The van der Waals surface area contributed by atoms with Crippen molar-refractivity contribution in [3.8, 4) is 11.4 Å². The van der Waals surface area contributed by atoms with Crippen LogP contribution in [0.25, 0.3) is 28.1 Å². The molecule has 0 spiro atoms. The van der Waals surface area contributed by atoms with E-state index in [1.54, 1.807) is 31.3 Å². The van der Waals surface area contributed by atoms with Gasteiger partial charge < -0.3 is 0 Å². The molecular weight excluding hydrogens is 334 g/mol. The summed E-state index contributed by atoms with van der Waals surface area (Å²) in [6.07, 6.45) is 0. The normalized spacial score (nSPS) is 11.5. The van der Waals surface area contributed by atoms with Crippen LogP contribution in [0.15, 0.2) is 33.9 Å². The molecular formula is C14H10ClN7O2. The van der Waals surface area contributed by atoms with Crippen LogP contribution in [0.5, 0.6) is 0 Å². The molecule has 0 fully saturated rings. The van der Waals surface area contributed by atoms with Crippen LogP contribution in [0.2, 0.25) is 5.02 Å². The third kappa shape index (κ3) is 1.88. The topological polar surface area (TPSA) is 100.0 Å². The van der Waals surface area contributed by atoms with Crippen LogP contribution in [0.4, 0.5) is 0 Å². The Morgan fingerprint density at radius 3 is 2.42 bits per heavy atom. The third-order valence-electron chi connectivity index (χ3n) is 3.84. The molecule has 3 aromatic heterocycles. The van der Waals surface area contributed by atoms with Crippen molar-refractivity contribution in [2.75, 3.05) is 0 Å². The molecule has 0 radical (unpaired) electrons. The van der Waals surface area contributed by atoms with Crippen molar-refractivity contribution in [3.63, 3.8) is 0 Å². The Balaban J connectivity index is 2.24. The van der Waals surface area contributed by atoms with E-state index in [0.717, 1.165) is 4.57 Å². The highest BCUT2D eigenvalue weighted by atomic mass is 35.5. The van der Waals surface area contributed by atoms with E-state index in [0.29, 0.717) is 16.4 Å². The molecule has 0 aliphatic carbocycles. The van der Waals surface area contributed by atoms with Gasteiger partial charge in [0, 0.05) is 24.7 Å². The first-order valence-electron chi connectivity index (χ1n) is 6.93. The second-order valence-electron chi connectivity index (χ2n) is 5.26. The van der Waals surface area contributed by atoms with Gasteiger partial charge in [0.2, 0.25) is 0 Å². The number of rotatable bonds is 1. The summed E-state index contributed by atoms with van der Waals surface area (Å²) < 4.78 is 3.67. The molecule has 1 aromatic carbocycles. The average molecular weight is 344 g/mol. The summed E-state index contributed by atoms with van der Waals surface area (Å²) in [5.74, 6) is 0.405. The van der Waals surface area contributed by atoms with Crippen molar-refractivity contribution in [1.82, 2.24) is 34.2 Å². The molecule has 120 valence electrons. The van der Waals surface area contributed by atoms with Gasteiger partial charge in [-0.05, 0) is 34.7 Å². The number of benzene rings is 1. The first-order chi connectivity index (χ1) is 11.5. The van der Waals surface area contributed by atoms with Gasteiger partial charge in [-0.15, -0.1) is 5.10 Å². The summed E-state index contributed by atoms with van der Waals surface area (Å²) in [4.78, 5) is 29.1. The molecule has 0 unspecified atom stereocenters. The maximum absolute atomic E-state index is 12.5. The Morgan fingerprint density at radius 2 is 1.71 bits per heavy atom. The summed E-state index contributed by atoms with van der Waals surface area (Å²) in [6, 6.07) is 6.94. The lowest BCUT2D eigenvalue weighted by Gasteiger charge is -2.09. The molecule has 3 heterocycles. The Bertz CT molecular complexity index is 1220. The number of tetrazole rings is 1. The van der Waals surface area contributed by atoms with E-state index >= 15 is 0 Å². The van der Waals surface area contributed by atoms with E-state index in [9.17, 15) is 9.59 Å². The molecule has 4 rings (SSSR count). The van der Waals surface area contributed by atoms with Crippen LogP contribution in [-0.4, -0.2) is 34.2 Å². The Kier molecular flexibility index (Phi) is 3.00. The van der Waals surface area contributed by atoms with Crippen molar-refractivity contribution >= 4 is 28.3 Å². The van der Waals surface area contributed by atoms with Crippen LogP contribution >= 0.6 is 11.6 Å². The van der Waals surface area contributed by atoms with Gasteiger partial charge in [-0.1, -0.05) is 11.6 Å². The molecule has 0 saturated heterocycles. The minimum absolute atomic E-state index is 0.183. The Morgan fingerprint density at radius 1 is 1.00 bits per heavy atom. The van der Waals surface area contributed by atoms with E-state index in [1.165, 1.54) is 16.1 Å². The maximum Gasteiger partial charge on any atom is 0.332 e. The first kappa shape index (κ1) is 14.5. The SMILES string of the molecule is Cn1c(=O)c2c(nc(-c3ccc(Cl)cc3)n3nnnc23)n(C)c1=O. The summed E-state index contributed by atoms with van der Waals surface area (Å²) >= 11 is 5.92. The van der Waals surface area contributed by atoms with Crippen LogP contribution in [0.1, 0.15) is 0 Å². The fourth-order valence-electron chi connectivity index (χ4n) is 2.58. The molecule has 0 N–H and O–H groups in total. The quantitative estimate of drug-likeness (QED) is 0.495. The Hall–Kier alpha value is -3.07. The summed E-state index contributed by atoms with van der Waals surface area (Å²) in [5, 5.41) is 12.2. The highest BCUT2D eigenvalue weighted by molar-refractivity contribution is 6.30. The molecule has 0 atom stereocenters. The lowest BCUT2D eigenvalue weighted by molar-refractivity contribution is 0.705. The maximum atomic E-state index is 12.5. The molecule has 0 bridgehead atoms. The van der Waals surface area contributed by atoms with Crippen molar-refractivity contribution < 1.29 is 0 Å². The van der Waals surface area contributed by atoms with E-state index in [-0.39, 0.29) is 16.7 Å². The second kappa shape index (κ2) is 4.96. The van der Waals surface area contributed by atoms with Gasteiger partial charge in [0.05, 0.1) is 0 Å². The predicted octanol–water partition coefficient (Wildman–Crippen LogP) is 0.390. The molecule has 4 aromatic rings. The van der Waals surface area contributed by atoms with Gasteiger partial charge in [-0.3, -0.25) is 13.9 Å². The van der Waals surface area contributed by atoms with Crippen molar-refractivity contribution in [2.24, 2.45) is 14.1 Å². The number of nitrogens with zero attached hydrogens (tertiary/aromatic N) is 7. The molecule has 9 nitrogen and oxygen atoms in total. The van der Waals surface area contributed by atoms with E-state index in [1.807, 2.05) is 0 Å². The minimum Gasteiger partial charge on any atom is -0.280 e. The molecule has 0 aliphatic heterocycles. The van der Waals surface area contributed by atoms with Gasteiger partial charge in [0.1, 0.15) is 5.39 Å².